The zero-order valence-electron chi connectivity index (χ0n) is 13.4. The fraction of sp³-hybridized carbons (Fsp3) is 0.222. The van der Waals surface area contributed by atoms with Gasteiger partial charge in [0.05, 0.1) is 5.56 Å². The Balaban J connectivity index is 2.17. The summed E-state index contributed by atoms with van der Waals surface area (Å²) in [4.78, 5) is 35.2. The SMILES string of the molecule is CC(=O)c1cccc(NC(=O)[C@@H](C)[n+]2cccc(C(C)=O)c2)c1. The average molecular weight is 311 g/mol. The molecular weight excluding hydrogens is 292 g/mol. The van der Waals surface area contributed by atoms with Crippen LogP contribution in [-0.4, -0.2) is 17.5 Å². The maximum atomic E-state index is 12.4. The summed E-state index contributed by atoms with van der Waals surface area (Å²) in [5.41, 5.74) is 1.66. The summed E-state index contributed by atoms with van der Waals surface area (Å²) in [5, 5.41) is 2.79. The van der Waals surface area contributed by atoms with E-state index in [2.05, 4.69) is 5.32 Å². The van der Waals surface area contributed by atoms with Crippen molar-refractivity contribution in [1.29, 1.82) is 0 Å². The van der Waals surface area contributed by atoms with Gasteiger partial charge in [0.25, 0.3) is 5.91 Å². The first-order valence-electron chi connectivity index (χ1n) is 7.32. The van der Waals surface area contributed by atoms with Gasteiger partial charge in [-0.1, -0.05) is 12.1 Å². The van der Waals surface area contributed by atoms with Crippen molar-refractivity contribution in [2.75, 3.05) is 5.32 Å². The first-order chi connectivity index (χ1) is 10.9. The van der Waals surface area contributed by atoms with Gasteiger partial charge in [-0.3, -0.25) is 14.4 Å². The van der Waals surface area contributed by atoms with Crippen molar-refractivity contribution in [3.05, 3.63) is 59.9 Å². The van der Waals surface area contributed by atoms with Crippen molar-refractivity contribution >= 4 is 23.2 Å². The predicted molar refractivity (Wildman–Crippen MR) is 86.4 cm³/mol. The molecule has 1 amide bonds. The minimum atomic E-state index is -0.490. The fourth-order valence-corrected chi connectivity index (χ4v) is 2.14. The normalized spacial score (nSPS) is 11.6. The molecule has 0 saturated heterocycles. The third kappa shape index (κ3) is 4.10. The van der Waals surface area contributed by atoms with Crippen LogP contribution in [0.4, 0.5) is 5.69 Å². The Hall–Kier alpha value is -2.82. The standard InChI is InChI=1S/C18H18N2O3/c1-12(20-9-5-7-16(11-20)14(3)22)18(23)19-17-8-4-6-15(10-17)13(2)21/h4-12H,1-3H3/p+1/t12-/m1/s1. The molecule has 1 aromatic carbocycles. The highest BCUT2D eigenvalue weighted by molar-refractivity contribution is 5.97. The van der Waals surface area contributed by atoms with Crippen LogP contribution in [0.5, 0.6) is 0 Å². The molecule has 0 saturated carbocycles. The molecule has 2 rings (SSSR count). The van der Waals surface area contributed by atoms with E-state index in [9.17, 15) is 14.4 Å². The number of rotatable bonds is 5. The Morgan fingerprint density at radius 3 is 2.30 bits per heavy atom. The summed E-state index contributed by atoms with van der Waals surface area (Å²) in [6, 6.07) is 9.75. The van der Waals surface area contributed by atoms with Crippen molar-refractivity contribution in [3.8, 4) is 0 Å². The van der Waals surface area contributed by atoms with Crippen molar-refractivity contribution in [2.45, 2.75) is 26.8 Å². The number of benzene rings is 1. The predicted octanol–water partition coefficient (Wildman–Crippen LogP) is 2.58. The molecule has 0 aliphatic heterocycles. The third-order valence-corrected chi connectivity index (χ3v) is 3.59. The van der Waals surface area contributed by atoms with Crippen molar-refractivity contribution < 1.29 is 19.0 Å². The zero-order valence-corrected chi connectivity index (χ0v) is 13.4. The van der Waals surface area contributed by atoms with Gasteiger partial charge in [-0.2, -0.15) is 4.57 Å². The third-order valence-electron chi connectivity index (χ3n) is 3.59. The van der Waals surface area contributed by atoms with E-state index in [-0.39, 0.29) is 17.5 Å². The van der Waals surface area contributed by atoms with Crippen LogP contribution in [0.1, 0.15) is 47.5 Å². The number of ketones is 2. The highest BCUT2D eigenvalue weighted by Crippen LogP contribution is 2.12. The number of carbonyl (C=O) groups excluding carboxylic acids is 3. The van der Waals surface area contributed by atoms with E-state index in [4.69, 9.17) is 0 Å². The molecule has 0 aliphatic rings. The van der Waals surface area contributed by atoms with Crippen LogP contribution in [0, 0.1) is 0 Å². The molecular formula is C18H19N2O3+. The van der Waals surface area contributed by atoms with E-state index < -0.39 is 6.04 Å². The van der Waals surface area contributed by atoms with Gasteiger partial charge in [0.1, 0.15) is 0 Å². The molecule has 5 heteroatoms. The lowest BCUT2D eigenvalue weighted by Crippen LogP contribution is -2.44. The summed E-state index contributed by atoms with van der Waals surface area (Å²) in [5.74, 6) is -0.338. The Kier molecular flexibility index (Phi) is 5.01. The molecule has 1 N–H and O–H groups in total. The van der Waals surface area contributed by atoms with Crippen molar-refractivity contribution in [1.82, 2.24) is 0 Å². The Labute approximate surface area is 135 Å². The number of nitrogens with zero attached hydrogens (tertiary/aromatic N) is 1. The second kappa shape index (κ2) is 6.96. The number of hydrogen-bond acceptors (Lipinski definition) is 3. The molecule has 23 heavy (non-hydrogen) atoms. The first kappa shape index (κ1) is 16.5. The van der Waals surface area contributed by atoms with Crippen LogP contribution in [0.2, 0.25) is 0 Å². The Bertz CT molecular complexity index is 768. The molecule has 2 aromatic rings. The maximum absolute atomic E-state index is 12.4. The van der Waals surface area contributed by atoms with E-state index >= 15 is 0 Å². The summed E-state index contributed by atoms with van der Waals surface area (Å²) in [6.45, 7) is 4.71. The smallest absolute Gasteiger partial charge is 0.293 e. The lowest BCUT2D eigenvalue weighted by Gasteiger charge is -2.10. The summed E-state index contributed by atoms with van der Waals surface area (Å²) in [6.07, 6.45) is 3.39. The lowest BCUT2D eigenvalue weighted by atomic mass is 10.1. The number of pyridine rings is 1. The highest BCUT2D eigenvalue weighted by Gasteiger charge is 2.23. The van der Waals surface area contributed by atoms with Gasteiger partial charge in [0.15, 0.2) is 24.0 Å². The highest BCUT2D eigenvalue weighted by atomic mass is 16.2. The fourth-order valence-electron chi connectivity index (χ4n) is 2.14. The van der Waals surface area contributed by atoms with Crippen molar-refractivity contribution in [2.24, 2.45) is 0 Å². The molecule has 0 unspecified atom stereocenters. The molecule has 0 fully saturated rings. The molecule has 0 aliphatic carbocycles. The Morgan fingerprint density at radius 1 is 1.00 bits per heavy atom. The molecule has 0 bridgehead atoms. The summed E-state index contributed by atoms with van der Waals surface area (Å²) >= 11 is 0. The molecule has 0 spiro atoms. The van der Waals surface area contributed by atoms with Gasteiger partial charge >= 0.3 is 0 Å². The number of nitrogens with one attached hydrogen (secondary N) is 1. The van der Waals surface area contributed by atoms with Gasteiger partial charge in [-0.05, 0) is 32.0 Å². The van der Waals surface area contributed by atoms with E-state index in [1.54, 1.807) is 60.3 Å². The lowest BCUT2D eigenvalue weighted by molar-refractivity contribution is -0.705. The van der Waals surface area contributed by atoms with Crippen LogP contribution < -0.4 is 9.88 Å². The first-order valence-corrected chi connectivity index (χ1v) is 7.32. The van der Waals surface area contributed by atoms with E-state index in [1.807, 2.05) is 0 Å². The molecule has 0 radical (unpaired) electrons. The van der Waals surface area contributed by atoms with Crippen LogP contribution in [0.25, 0.3) is 0 Å². The van der Waals surface area contributed by atoms with E-state index in [0.29, 0.717) is 16.8 Å². The van der Waals surface area contributed by atoms with Crippen LogP contribution in [0.3, 0.4) is 0 Å². The Morgan fingerprint density at radius 2 is 1.65 bits per heavy atom. The number of hydrogen-bond donors (Lipinski definition) is 1. The van der Waals surface area contributed by atoms with Gasteiger partial charge < -0.3 is 5.32 Å². The number of aromatic nitrogens is 1. The molecule has 1 aromatic heterocycles. The summed E-state index contributed by atoms with van der Waals surface area (Å²) < 4.78 is 1.68. The zero-order chi connectivity index (χ0) is 17.0. The van der Waals surface area contributed by atoms with Gasteiger partial charge in [-0.15, -0.1) is 0 Å². The van der Waals surface area contributed by atoms with Crippen LogP contribution >= 0.6 is 0 Å². The topological polar surface area (TPSA) is 67.1 Å². The van der Waals surface area contributed by atoms with Crippen molar-refractivity contribution in [3.63, 3.8) is 0 Å². The van der Waals surface area contributed by atoms with E-state index in [1.165, 1.54) is 13.8 Å². The second-order valence-corrected chi connectivity index (χ2v) is 5.40. The second-order valence-electron chi connectivity index (χ2n) is 5.40. The summed E-state index contributed by atoms with van der Waals surface area (Å²) in [7, 11) is 0. The quantitative estimate of drug-likeness (QED) is 0.681. The number of amides is 1. The molecule has 1 heterocycles. The number of Topliss-reactive ketones (excluding diaryl/α,β-unsaturated/α-hetero) is 2. The van der Waals surface area contributed by atoms with E-state index in [0.717, 1.165) is 0 Å². The largest absolute Gasteiger partial charge is 0.320 e. The van der Waals surface area contributed by atoms with Gasteiger partial charge in [-0.25, -0.2) is 0 Å². The number of anilines is 1. The number of carbonyl (C=O) groups is 3. The average Bonchev–Trinajstić information content (AvgIpc) is 2.54. The van der Waals surface area contributed by atoms with Crippen LogP contribution in [-0.2, 0) is 4.79 Å². The molecule has 118 valence electrons. The monoisotopic (exact) mass is 311 g/mol. The molecule has 1 atom stereocenters. The van der Waals surface area contributed by atoms with Gasteiger partial charge in [0, 0.05) is 24.2 Å². The maximum Gasteiger partial charge on any atom is 0.293 e. The van der Waals surface area contributed by atoms with Gasteiger partial charge in [0.2, 0.25) is 6.04 Å². The van der Waals surface area contributed by atoms with Crippen LogP contribution in [0.15, 0.2) is 48.8 Å². The minimum absolute atomic E-state index is 0.0545. The minimum Gasteiger partial charge on any atom is -0.320 e. The molecule has 5 nitrogen and oxygen atoms in total.